The average molecular weight is 366 g/mol. The maximum absolute atomic E-state index is 5.88. The normalized spacial score (nSPS) is 14.5. The summed E-state index contributed by atoms with van der Waals surface area (Å²) < 4.78 is 11.1. The molecule has 1 fully saturated rings. The Morgan fingerprint density at radius 1 is 1.11 bits per heavy atom. The number of ether oxygens (including phenoxy) is 2. The molecule has 2 N–H and O–H groups in total. The summed E-state index contributed by atoms with van der Waals surface area (Å²) in [6, 6.07) is 7.85. The molecule has 1 aliphatic rings. The van der Waals surface area contributed by atoms with Crippen molar-refractivity contribution in [2.45, 2.75) is 13.3 Å². The van der Waals surface area contributed by atoms with Gasteiger partial charge in [-0.05, 0) is 30.7 Å². The second-order valence-corrected chi connectivity index (χ2v) is 6.31. The van der Waals surface area contributed by atoms with Gasteiger partial charge in [-0.3, -0.25) is 0 Å². The van der Waals surface area contributed by atoms with Crippen LogP contribution in [0, 0.1) is 0 Å². The standard InChI is InChI=1S/C19H22N6O2/c1-2-9-27-14-5-3-13(4-6-14)15-12-21-17-16(22-15)18(24-19(20)23-17)25-7-10-26-11-8-25/h3-6,12H,2,7-11H2,1H3,(H2,20,21,23,24). The Kier molecular flexibility index (Phi) is 4.97. The minimum Gasteiger partial charge on any atom is -0.494 e. The Morgan fingerprint density at radius 2 is 1.89 bits per heavy atom. The van der Waals surface area contributed by atoms with Crippen molar-refractivity contribution in [1.29, 1.82) is 0 Å². The molecular formula is C19H22N6O2. The highest BCUT2D eigenvalue weighted by Crippen LogP contribution is 2.26. The molecule has 0 radical (unpaired) electrons. The summed E-state index contributed by atoms with van der Waals surface area (Å²) in [6.45, 7) is 5.56. The minimum atomic E-state index is 0.198. The zero-order chi connectivity index (χ0) is 18.6. The molecule has 140 valence electrons. The fourth-order valence-corrected chi connectivity index (χ4v) is 2.99. The number of hydrogen-bond donors (Lipinski definition) is 1. The highest BCUT2D eigenvalue weighted by molar-refractivity contribution is 5.85. The van der Waals surface area contributed by atoms with Crippen LogP contribution in [0.2, 0.25) is 0 Å². The predicted octanol–water partition coefficient (Wildman–Crippen LogP) is 2.29. The van der Waals surface area contributed by atoms with Gasteiger partial charge in [-0.1, -0.05) is 6.92 Å². The maximum Gasteiger partial charge on any atom is 0.224 e. The molecule has 4 rings (SSSR count). The number of hydrogen-bond acceptors (Lipinski definition) is 8. The number of nitrogens with zero attached hydrogens (tertiary/aromatic N) is 5. The van der Waals surface area contributed by atoms with Gasteiger partial charge in [0.05, 0.1) is 31.7 Å². The Labute approximate surface area is 157 Å². The molecular weight excluding hydrogens is 344 g/mol. The number of fused-ring (bicyclic) bond motifs is 1. The Balaban J connectivity index is 1.71. The summed E-state index contributed by atoms with van der Waals surface area (Å²) in [5.41, 5.74) is 8.73. The third kappa shape index (κ3) is 3.75. The van der Waals surface area contributed by atoms with E-state index >= 15 is 0 Å². The van der Waals surface area contributed by atoms with Crippen LogP contribution in [-0.2, 0) is 4.74 Å². The summed E-state index contributed by atoms with van der Waals surface area (Å²) in [5, 5.41) is 0. The molecule has 0 aliphatic carbocycles. The SMILES string of the molecule is CCCOc1ccc(-c2cnc3nc(N)nc(N4CCOCC4)c3n2)cc1. The molecule has 0 bridgehead atoms. The van der Waals surface area contributed by atoms with E-state index in [1.807, 2.05) is 24.3 Å². The van der Waals surface area contributed by atoms with E-state index in [-0.39, 0.29) is 5.95 Å². The Hall–Kier alpha value is -3.00. The Morgan fingerprint density at radius 3 is 2.63 bits per heavy atom. The van der Waals surface area contributed by atoms with Gasteiger partial charge in [-0.2, -0.15) is 9.97 Å². The van der Waals surface area contributed by atoms with Crippen LogP contribution in [-0.4, -0.2) is 52.8 Å². The van der Waals surface area contributed by atoms with Crippen LogP contribution in [0.4, 0.5) is 11.8 Å². The van der Waals surface area contributed by atoms with E-state index in [9.17, 15) is 0 Å². The molecule has 0 saturated carbocycles. The fourth-order valence-electron chi connectivity index (χ4n) is 2.99. The maximum atomic E-state index is 5.88. The predicted molar refractivity (Wildman–Crippen MR) is 104 cm³/mol. The summed E-state index contributed by atoms with van der Waals surface area (Å²) >= 11 is 0. The van der Waals surface area contributed by atoms with E-state index in [0.29, 0.717) is 36.8 Å². The average Bonchev–Trinajstić information content (AvgIpc) is 2.72. The largest absolute Gasteiger partial charge is 0.494 e. The quantitative estimate of drug-likeness (QED) is 0.734. The van der Waals surface area contributed by atoms with Gasteiger partial charge in [-0.25, -0.2) is 9.97 Å². The van der Waals surface area contributed by atoms with Crippen LogP contribution in [0.25, 0.3) is 22.4 Å². The number of anilines is 2. The van der Waals surface area contributed by atoms with Crippen LogP contribution in [0.15, 0.2) is 30.5 Å². The van der Waals surface area contributed by atoms with E-state index in [4.69, 9.17) is 20.2 Å². The van der Waals surface area contributed by atoms with Crippen molar-refractivity contribution in [2.24, 2.45) is 0 Å². The first-order valence-corrected chi connectivity index (χ1v) is 9.11. The second-order valence-electron chi connectivity index (χ2n) is 6.31. The molecule has 0 atom stereocenters. The van der Waals surface area contributed by atoms with Gasteiger partial charge < -0.3 is 20.1 Å². The van der Waals surface area contributed by atoms with Crippen molar-refractivity contribution >= 4 is 22.9 Å². The molecule has 2 aromatic heterocycles. The number of nitrogens with two attached hydrogens (primary N) is 1. The summed E-state index contributed by atoms with van der Waals surface area (Å²) in [7, 11) is 0. The lowest BCUT2D eigenvalue weighted by Gasteiger charge is -2.28. The van der Waals surface area contributed by atoms with Crippen LogP contribution < -0.4 is 15.4 Å². The molecule has 0 unspecified atom stereocenters. The smallest absolute Gasteiger partial charge is 0.224 e. The molecule has 3 heterocycles. The zero-order valence-corrected chi connectivity index (χ0v) is 15.3. The van der Waals surface area contributed by atoms with Gasteiger partial charge in [0, 0.05) is 18.7 Å². The zero-order valence-electron chi connectivity index (χ0n) is 15.3. The van der Waals surface area contributed by atoms with Gasteiger partial charge in [0.2, 0.25) is 5.95 Å². The summed E-state index contributed by atoms with van der Waals surface area (Å²) in [4.78, 5) is 20.0. The van der Waals surface area contributed by atoms with Crippen LogP contribution >= 0.6 is 0 Å². The summed E-state index contributed by atoms with van der Waals surface area (Å²) in [6.07, 6.45) is 2.69. The molecule has 1 saturated heterocycles. The molecule has 27 heavy (non-hydrogen) atoms. The lowest BCUT2D eigenvalue weighted by Crippen LogP contribution is -2.37. The first-order valence-electron chi connectivity index (χ1n) is 9.11. The van der Waals surface area contributed by atoms with E-state index in [0.717, 1.165) is 36.5 Å². The van der Waals surface area contributed by atoms with Crippen molar-refractivity contribution in [1.82, 2.24) is 19.9 Å². The van der Waals surface area contributed by atoms with Crippen molar-refractivity contribution in [3.05, 3.63) is 30.5 Å². The molecule has 8 heteroatoms. The number of morpholine rings is 1. The van der Waals surface area contributed by atoms with Crippen molar-refractivity contribution in [3.63, 3.8) is 0 Å². The first-order chi connectivity index (χ1) is 13.2. The topological polar surface area (TPSA) is 99.3 Å². The number of nitrogen functional groups attached to an aromatic ring is 1. The van der Waals surface area contributed by atoms with Gasteiger partial charge in [0.25, 0.3) is 0 Å². The molecule has 1 aliphatic heterocycles. The number of aromatic nitrogens is 4. The van der Waals surface area contributed by atoms with Gasteiger partial charge in [0.1, 0.15) is 5.75 Å². The van der Waals surface area contributed by atoms with Crippen LogP contribution in [0.1, 0.15) is 13.3 Å². The molecule has 0 amide bonds. The molecule has 1 aromatic carbocycles. The summed E-state index contributed by atoms with van der Waals surface area (Å²) in [5.74, 6) is 1.75. The van der Waals surface area contributed by atoms with Gasteiger partial charge in [0.15, 0.2) is 17.0 Å². The highest BCUT2D eigenvalue weighted by atomic mass is 16.5. The van der Waals surface area contributed by atoms with Crippen LogP contribution in [0.3, 0.4) is 0 Å². The third-order valence-electron chi connectivity index (χ3n) is 4.34. The van der Waals surface area contributed by atoms with E-state index in [1.54, 1.807) is 6.20 Å². The lowest BCUT2D eigenvalue weighted by atomic mass is 10.1. The van der Waals surface area contributed by atoms with E-state index in [1.165, 1.54) is 0 Å². The molecule has 3 aromatic rings. The van der Waals surface area contributed by atoms with E-state index in [2.05, 4.69) is 26.8 Å². The monoisotopic (exact) mass is 366 g/mol. The van der Waals surface area contributed by atoms with Crippen molar-refractivity contribution in [3.8, 4) is 17.0 Å². The third-order valence-corrected chi connectivity index (χ3v) is 4.34. The van der Waals surface area contributed by atoms with Gasteiger partial charge in [-0.15, -0.1) is 0 Å². The minimum absolute atomic E-state index is 0.198. The number of rotatable bonds is 5. The number of benzene rings is 1. The highest BCUT2D eigenvalue weighted by Gasteiger charge is 2.19. The molecule has 0 spiro atoms. The Bertz CT molecular complexity index is 925. The second kappa shape index (κ2) is 7.71. The van der Waals surface area contributed by atoms with Gasteiger partial charge >= 0.3 is 0 Å². The lowest BCUT2D eigenvalue weighted by molar-refractivity contribution is 0.122. The van der Waals surface area contributed by atoms with Crippen molar-refractivity contribution in [2.75, 3.05) is 43.5 Å². The first kappa shape index (κ1) is 17.4. The fraction of sp³-hybridized carbons (Fsp3) is 0.368. The van der Waals surface area contributed by atoms with Crippen LogP contribution in [0.5, 0.6) is 5.75 Å². The molecule has 8 nitrogen and oxygen atoms in total. The van der Waals surface area contributed by atoms with E-state index < -0.39 is 0 Å². The van der Waals surface area contributed by atoms with Crippen molar-refractivity contribution < 1.29 is 9.47 Å².